The number of amides is 1. The Hall–Kier alpha value is -3.56. The lowest BCUT2D eigenvalue weighted by Gasteiger charge is -2.24. The van der Waals surface area contributed by atoms with Gasteiger partial charge in [-0.15, -0.1) is 0 Å². The Morgan fingerprint density at radius 1 is 1.14 bits per heavy atom. The predicted octanol–water partition coefficient (Wildman–Crippen LogP) is 2.57. The lowest BCUT2D eigenvalue weighted by atomic mass is 10.1. The number of rotatable bonds is 11. The number of hydrogen-bond acceptors (Lipinski definition) is 11. The third-order valence-corrected chi connectivity index (χ3v) is 9.87. The van der Waals surface area contributed by atoms with Gasteiger partial charge in [-0.25, -0.2) is 9.97 Å². The first-order valence-electron chi connectivity index (χ1n) is 14.1. The fraction of sp³-hybridized carbons (Fsp3) is 0.414. The van der Waals surface area contributed by atoms with Gasteiger partial charge < -0.3 is 30.3 Å². The van der Waals surface area contributed by atoms with Crippen LogP contribution in [0.15, 0.2) is 51.0 Å². The molecule has 12 nitrogen and oxygen atoms in total. The molecular formula is C29H37N9O3S2. The Morgan fingerprint density at radius 2 is 1.86 bits per heavy atom. The van der Waals surface area contributed by atoms with Gasteiger partial charge in [0.25, 0.3) is 11.5 Å². The van der Waals surface area contributed by atoms with Crippen molar-refractivity contribution in [1.82, 2.24) is 34.6 Å². The van der Waals surface area contributed by atoms with Crippen LogP contribution < -0.4 is 21.5 Å². The fourth-order valence-electron chi connectivity index (χ4n) is 4.80. The number of aromatic nitrogens is 4. The lowest BCUT2D eigenvalue weighted by Crippen LogP contribution is -2.35. The summed E-state index contributed by atoms with van der Waals surface area (Å²) in [6.07, 6.45) is 3.77. The molecular weight excluding hydrogens is 587 g/mol. The Labute approximate surface area is 257 Å². The summed E-state index contributed by atoms with van der Waals surface area (Å²) in [6.45, 7) is 2.70. The molecule has 1 aliphatic rings. The number of piperidine rings is 1. The molecule has 1 unspecified atom stereocenters. The molecule has 43 heavy (non-hydrogen) atoms. The van der Waals surface area contributed by atoms with Gasteiger partial charge in [0.2, 0.25) is 10.2 Å². The number of fused-ring (bicyclic) bond motifs is 1. The van der Waals surface area contributed by atoms with Crippen molar-refractivity contribution in [1.29, 1.82) is 0 Å². The number of nitrogens with zero attached hydrogens (tertiary/aromatic N) is 6. The van der Waals surface area contributed by atoms with Crippen LogP contribution in [0.4, 0.5) is 17.3 Å². The second-order valence-electron chi connectivity index (χ2n) is 10.9. The molecule has 1 aliphatic heterocycles. The van der Waals surface area contributed by atoms with Crippen molar-refractivity contribution in [2.45, 2.75) is 29.6 Å². The van der Waals surface area contributed by atoms with E-state index in [1.54, 1.807) is 25.8 Å². The lowest BCUT2D eigenvalue weighted by molar-refractivity contribution is 0.0825. The molecule has 1 amide bonds. The minimum absolute atomic E-state index is 0.00385. The van der Waals surface area contributed by atoms with Gasteiger partial charge in [0.1, 0.15) is 22.7 Å². The maximum Gasteiger partial charge on any atom is 0.265 e. The van der Waals surface area contributed by atoms with Crippen molar-refractivity contribution < 1.29 is 9.35 Å². The summed E-state index contributed by atoms with van der Waals surface area (Å²) in [6, 6.07) is 9.91. The van der Waals surface area contributed by atoms with E-state index in [9.17, 15) is 14.1 Å². The molecule has 1 saturated heterocycles. The Morgan fingerprint density at radius 3 is 2.56 bits per heavy atom. The summed E-state index contributed by atoms with van der Waals surface area (Å²) in [5.41, 5.74) is 3.84. The van der Waals surface area contributed by atoms with Crippen LogP contribution in [0.3, 0.4) is 0 Å². The molecule has 1 atom stereocenters. The molecule has 0 saturated carbocycles. The van der Waals surface area contributed by atoms with Crippen molar-refractivity contribution in [3.8, 4) is 0 Å². The van der Waals surface area contributed by atoms with E-state index in [0.29, 0.717) is 45.2 Å². The second kappa shape index (κ2) is 13.8. The van der Waals surface area contributed by atoms with Crippen molar-refractivity contribution in [3.05, 3.63) is 63.7 Å². The van der Waals surface area contributed by atoms with Gasteiger partial charge >= 0.3 is 0 Å². The number of benzene rings is 1. The van der Waals surface area contributed by atoms with E-state index in [2.05, 4.69) is 25.9 Å². The summed E-state index contributed by atoms with van der Waals surface area (Å²) in [7, 11) is 7.05. The normalized spacial score (nSPS) is 14.7. The number of carbonyl (C=O) groups is 1. The van der Waals surface area contributed by atoms with E-state index in [-0.39, 0.29) is 12.1 Å². The van der Waals surface area contributed by atoms with E-state index in [1.165, 1.54) is 26.9 Å². The molecule has 5 rings (SSSR count). The van der Waals surface area contributed by atoms with Crippen LogP contribution >= 0.6 is 11.3 Å². The van der Waals surface area contributed by atoms with Crippen LogP contribution in [-0.2, 0) is 17.7 Å². The highest BCUT2D eigenvalue weighted by Gasteiger charge is 2.24. The zero-order valence-corrected chi connectivity index (χ0v) is 26.4. The predicted molar refractivity (Wildman–Crippen MR) is 172 cm³/mol. The minimum atomic E-state index is -1.29. The molecule has 3 N–H and O–H groups in total. The van der Waals surface area contributed by atoms with E-state index in [4.69, 9.17) is 4.98 Å². The molecule has 3 aromatic heterocycles. The SMILES string of the molecule is CN(C)CC[S+]([O-])c1scnc1Cn1c(=O)c(C(=O)N(C)C)cc2cnc(Nc3ccc(NC4CCNCC4)cc3)nc21. The van der Waals surface area contributed by atoms with Gasteiger partial charge in [-0.3, -0.25) is 14.2 Å². The van der Waals surface area contributed by atoms with Gasteiger partial charge in [0, 0.05) is 49.6 Å². The van der Waals surface area contributed by atoms with Crippen molar-refractivity contribution in [2.24, 2.45) is 0 Å². The molecule has 14 heteroatoms. The fourth-order valence-corrected chi connectivity index (χ4v) is 7.23. The van der Waals surface area contributed by atoms with Crippen molar-refractivity contribution >= 4 is 56.8 Å². The third kappa shape index (κ3) is 7.51. The highest BCUT2D eigenvalue weighted by molar-refractivity contribution is 7.93. The molecule has 228 valence electrons. The smallest absolute Gasteiger partial charge is 0.265 e. The molecule has 0 aliphatic carbocycles. The van der Waals surface area contributed by atoms with Crippen LogP contribution in [0.2, 0.25) is 0 Å². The number of nitrogens with one attached hydrogen (secondary N) is 3. The first-order chi connectivity index (χ1) is 20.7. The maximum atomic E-state index is 13.7. The van der Waals surface area contributed by atoms with Crippen LogP contribution in [0.5, 0.6) is 0 Å². The largest absolute Gasteiger partial charge is 0.611 e. The average molecular weight is 624 g/mol. The van der Waals surface area contributed by atoms with Crippen LogP contribution in [0.1, 0.15) is 28.9 Å². The number of pyridine rings is 1. The molecule has 0 spiro atoms. The van der Waals surface area contributed by atoms with E-state index in [1.807, 2.05) is 43.3 Å². The standard InChI is InChI=1S/C29H37N9O3S2/c1-36(2)13-14-43(41)28-24(32-18-42-28)17-38-25-19(15-23(27(38)40)26(39)37(3)4)16-31-29(35-25)34-21-7-5-20(6-8-21)33-22-9-11-30-12-10-22/h5-8,15-16,18,22,30,33H,9-14,17H2,1-4H3,(H,31,34,35). The highest BCUT2D eigenvalue weighted by Crippen LogP contribution is 2.25. The topological polar surface area (TPSA) is 143 Å². The Bertz CT molecular complexity index is 1620. The molecule has 0 bridgehead atoms. The number of hydrogen-bond donors (Lipinski definition) is 3. The van der Waals surface area contributed by atoms with Crippen molar-refractivity contribution in [2.75, 3.05) is 64.2 Å². The summed E-state index contributed by atoms with van der Waals surface area (Å²) >= 11 is 0.0132. The Kier molecular flexibility index (Phi) is 9.93. The molecule has 1 fully saturated rings. The highest BCUT2D eigenvalue weighted by atomic mass is 32.2. The number of thiazole rings is 1. The first-order valence-corrected chi connectivity index (χ1v) is 16.3. The van der Waals surface area contributed by atoms with E-state index < -0.39 is 22.6 Å². The zero-order chi connectivity index (χ0) is 30.5. The summed E-state index contributed by atoms with van der Waals surface area (Å²) in [4.78, 5) is 43.6. The minimum Gasteiger partial charge on any atom is -0.611 e. The summed E-state index contributed by atoms with van der Waals surface area (Å²) in [5, 5.41) is 10.7. The van der Waals surface area contributed by atoms with Crippen LogP contribution in [0, 0.1) is 0 Å². The van der Waals surface area contributed by atoms with Crippen LogP contribution in [-0.4, -0.2) is 99.4 Å². The molecule has 4 heterocycles. The monoisotopic (exact) mass is 623 g/mol. The van der Waals surface area contributed by atoms with E-state index >= 15 is 0 Å². The third-order valence-electron chi connectivity index (χ3n) is 7.16. The maximum absolute atomic E-state index is 13.7. The molecule has 4 aromatic rings. The molecule has 0 radical (unpaired) electrons. The zero-order valence-electron chi connectivity index (χ0n) is 24.8. The number of anilines is 3. The van der Waals surface area contributed by atoms with Gasteiger partial charge in [-0.1, -0.05) is 11.3 Å². The second-order valence-corrected chi connectivity index (χ2v) is 13.6. The molecule has 1 aromatic carbocycles. The quantitative estimate of drug-likeness (QED) is 0.213. The summed E-state index contributed by atoms with van der Waals surface area (Å²) < 4.78 is 15.1. The van der Waals surface area contributed by atoms with Crippen molar-refractivity contribution in [3.63, 3.8) is 0 Å². The van der Waals surface area contributed by atoms with E-state index in [0.717, 1.165) is 37.3 Å². The van der Waals surface area contributed by atoms with Gasteiger partial charge in [0.15, 0.2) is 0 Å². The summed E-state index contributed by atoms with van der Waals surface area (Å²) in [5.74, 6) is 0.327. The van der Waals surface area contributed by atoms with Crippen LogP contribution in [0.25, 0.3) is 11.0 Å². The van der Waals surface area contributed by atoms with Gasteiger partial charge in [0.05, 0.1) is 12.1 Å². The van der Waals surface area contributed by atoms with Gasteiger partial charge in [-0.2, -0.15) is 4.98 Å². The first kappa shape index (κ1) is 30.9. The number of carbonyl (C=O) groups excluding carboxylic acids is 1. The van der Waals surface area contributed by atoms with Gasteiger partial charge in [-0.05, 0) is 81.5 Å². The Balaban J connectivity index is 1.45. The average Bonchev–Trinajstić information content (AvgIpc) is 3.47.